The van der Waals surface area contributed by atoms with Crippen LogP contribution < -0.4 is 5.32 Å². The maximum atomic E-state index is 12.9. The standard InChI is InChI=1S/C22H37NO2/c1-10-12-22(9,19(25)23-11-2)15-13-16(20(3,4)5)18(24)17(14-15)21(6,7)8/h13-14,24H,10-12H2,1-9H3,(H,23,25). The lowest BCUT2D eigenvalue weighted by molar-refractivity contribution is -0.126. The molecule has 1 amide bonds. The van der Waals surface area contributed by atoms with E-state index in [1.165, 1.54) is 0 Å². The van der Waals surface area contributed by atoms with E-state index in [-0.39, 0.29) is 16.7 Å². The number of likely N-dealkylation sites (N-methyl/N-ethyl adjacent to an activating group) is 1. The SMILES string of the molecule is CCCC(C)(C(=O)NCC)c1cc(C(C)(C)C)c(O)c(C(C)(C)C)c1. The van der Waals surface area contributed by atoms with Crippen LogP contribution in [0.2, 0.25) is 0 Å². The van der Waals surface area contributed by atoms with E-state index in [4.69, 9.17) is 0 Å². The average Bonchev–Trinajstić information content (AvgIpc) is 2.45. The number of hydrogen-bond acceptors (Lipinski definition) is 2. The van der Waals surface area contributed by atoms with Crippen LogP contribution in [0.4, 0.5) is 0 Å². The van der Waals surface area contributed by atoms with Crippen molar-refractivity contribution in [1.29, 1.82) is 0 Å². The Morgan fingerprint density at radius 3 is 1.72 bits per heavy atom. The molecule has 1 atom stereocenters. The predicted molar refractivity (Wildman–Crippen MR) is 106 cm³/mol. The molecule has 1 rings (SSSR count). The third-order valence-corrected chi connectivity index (χ3v) is 4.95. The van der Waals surface area contributed by atoms with Gasteiger partial charge in [-0.15, -0.1) is 0 Å². The zero-order chi connectivity index (χ0) is 19.6. The second-order valence-corrected chi connectivity index (χ2v) is 9.36. The van der Waals surface area contributed by atoms with Gasteiger partial charge < -0.3 is 10.4 Å². The second-order valence-electron chi connectivity index (χ2n) is 9.36. The molecule has 0 spiro atoms. The summed E-state index contributed by atoms with van der Waals surface area (Å²) < 4.78 is 0. The van der Waals surface area contributed by atoms with E-state index in [0.29, 0.717) is 12.3 Å². The van der Waals surface area contributed by atoms with Crippen LogP contribution in [0, 0.1) is 0 Å². The molecule has 25 heavy (non-hydrogen) atoms. The Balaban J connectivity index is 3.75. The van der Waals surface area contributed by atoms with Gasteiger partial charge in [0.1, 0.15) is 5.75 Å². The summed E-state index contributed by atoms with van der Waals surface area (Å²) in [6.45, 7) is 19.3. The molecule has 0 aliphatic rings. The lowest BCUT2D eigenvalue weighted by Crippen LogP contribution is -2.42. The van der Waals surface area contributed by atoms with Gasteiger partial charge in [0, 0.05) is 6.54 Å². The number of amides is 1. The Morgan fingerprint density at radius 1 is 0.960 bits per heavy atom. The Labute approximate surface area is 154 Å². The topological polar surface area (TPSA) is 49.3 Å². The number of carbonyl (C=O) groups excluding carboxylic acids is 1. The van der Waals surface area contributed by atoms with Gasteiger partial charge in [-0.2, -0.15) is 0 Å². The van der Waals surface area contributed by atoms with Crippen LogP contribution in [0.3, 0.4) is 0 Å². The summed E-state index contributed by atoms with van der Waals surface area (Å²) in [5, 5.41) is 13.9. The molecule has 0 fully saturated rings. The zero-order valence-electron chi connectivity index (χ0n) is 17.6. The third-order valence-electron chi connectivity index (χ3n) is 4.95. The number of hydrogen-bond donors (Lipinski definition) is 2. The number of benzene rings is 1. The summed E-state index contributed by atoms with van der Waals surface area (Å²) in [6.07, 6.45) is 1.70. The first-order valence-electron chi connectivity index (χ1n) is 9.45. The van der Waals surface area contributed by atoms with Crippen molar-refractivity contribution >= 4 is 5.91 Å². The van der Waals surface area contributed by atoms with Crippen LogP contribution in [-0.2, 0) is 21.0 Å². The zero-order valence-corrected chi connectivity index (χ0v) is 17.6. The van der Waals surface area contributed by atoms with Crippen LogP contribution >= 0.6 is 0 Å². The quantitative estimate of drug-likeness (QED) is 0.771. The van der Waals surface area contributed by atoms with E-state index in [9.17, 15) is 9.90 Å². The second kappa shape index (κ2) is 7.39. The number of aromatic hydroxyl groups is 1. The van der Waals surface area contributed by atoms with Crippen molar-refractivity contribution in [2.24, 2.45) is 0 Å². The summed E-state index contributed by atoms with van der Waals surface area (Å²) >= 11 is 0. The number of rotatable bonds is 5. The number of phenolic OH excluding ortho intramolecular Hbond substituents is 1. The molecule has 3 nitrogen and oxygen atoms in total. The highest BCUT2D eigenvalue weighted by Gasteiger charge is 2.37. The highest BCUT2D eigenvalue weighted by molar-refractivity contribution is 5.88. The average molecular weight is 348 g/mol. The van der Waals surface area contributed by atoms with Gasteiger partial charge in [0.05, 0.1) is 5.41 Å². The molecular formula is C22H37NO2. The van der Waals surface area contributed by atoms with Gasteiger partial charge >= 0.3 is 0 Å². The first kappa shape index (κ1) is 21.5. The van der Waals surface area contributed by atoms with E-state index in [1.54, 1.807) is 0 Å². The molecular weight excluding hydrogens is 310 g/mol. The normalized spacial score (nSPS) is 14.9. The monoisotopic (exact) mass is 347 g/mol. The molecule has 0 aromatic heterocycles. The molecule has 2 N–H and O–H groups in total. The van der Waals surface area contributed by atoms with Crippen LogP contribution in [0.5, 0.6) is 5.75 Å². The fourth-order valence-electron chi connectivity index (χ4n) is 3.34. The predicted octanol–water partition coefficient (Wildman–Crippen LogP) is 5.18. The molecule has 0 heterocycles. The Morgan fingerprint density at radius 2 is 1.40 bits per heavy atom. The first-order chi connectivity index (χ1) is 11.3. The summed E-state index contributed by atoms with van der Waals surface area (Å²) in [6, 6.07) is 4.07. The van der Waals surface area contributed by atoms with Crippen LogP contribution in [0.1, 0.15) is 91.8 Å². The lowest BCUT2D eigenvalue weighted by atomic mass is 9.71. The van der Waals surface area contributed by atoms with E-state index < -0.39 is 5.41 Å². The largest absolute Gasteiger partial charge is 0.507 e. The third kappa shape index (κ3) is 4.56. The van der Waals surface area contributed by atoms with Gasteiger partial charge in [-0.05, 0) is 47.8 Å². The Kier molecular flexibility index (Phi) is 6.36. The summed E-state index contributed by atoms with van der Waals surface area (Å²) in [5.74, 6) is 0.417. The highest BCUT2D eigenvalue weighted by Crippen LogP contribution is 2.43. The minimum Gasteiger partial charge on any atom is -0.507 e. The molecule has 0 aliphatic carbocycles. The van der Waals surface area contributed by atoms with E-state index in [1.807, 2.05) is 26.0 Å². The number of phenols is 1. The van der Waals surface area contributed by atoms with Crippen molar-refractivity contribution < 1.29 is 9.90 Å². The summed E-state index contributed by atoms with van der Waals surface area (Å²) in [5.41, 5.74) is 1.80. The smallest absolute Gasteiger partial charge is 0.230 e. The van der Waals surface area contributed by atoms with Gasteiger partial charge in [-0.1, -0.05) is 67.0 Å². The van der Waals surface area contributed by atoms with Crippen LogP contribution in [-0.4, -0.2) is 17.6 Å². The molecule has 0 saturated heterocycles. The van der Waals surface area contributed by atoms with Crippen LogP contribution in [0.25, 0.3) is 0 Å². The van der Waals surface area contributed by atoms with E-state index in [2.05, 4.69) is 53.8 Å². The number of nitrogens with one attached hydrogen (secondary N) is 1. The van der Waals surface area contributed by atoms with Crippen molar-refractivity contribution in [3.05, 3.63) is 28.8 Å². The van der Waals surface area contributed by atoms with Gasteiger partial charge in [0.15, 0.2) is 0 Å². The van der Waals surface area contributed by atoms with Gasteiger partial charge in [0.25, 0.3) is 0 Å². The summed E-state index contributed by atoms with van der Waals surface area (Å²) in [7, 11) is 0. The molecule has 0 radical (unpaired) electrons. The van der Waals surface area contributed by atoms with E-state index in [0.717, 1.165) is 29.5 Å². The highest BCUT2D eigenvalue weighted by atomic mass is 16.3. The van der Waals surface area contributed by atoms with E-state index >= 15 is 0 Å². The minimum atomic E-state index is -0.599. The molecule has 142 valence electrons. The van der Waals surface area contributed by atoms with Crippen molar-refractivity contribution in [3.63, 3.8) is 0 Å². The molecule has 1 unspecified atom stereocenters. The van der Waals surface area contributed by atoms with Crippen LogP contribution in [0.15, 0.2) is 12.1 Å². The van der Waals surface area contributed by atoms with Gasteiger partial charge in [0.2, 0.25) is 5.91 Å². The van der Waals surface area contributed by atoms with Crippen molar-refractivity contribution in [3.8, 4) is 5.75 Å². The molecule has 1 aromatic rings. The molecule has 1 aromatic carbocycles. The molecule has 0 bridgehead atoms. The summed E-state index contributed by atoms with van der Waals surface area (Å²) in [4.78, 5) is 12.9. The molecule has 0 saturated carbocycles. The lowest BCUT2D eigenvalue weighted by Gasteiger charge is -2.34. The van der Waals surface area contributed by atoms with Gasteiger partial charge in [-0.3, -0.25) is 4.79 Å². The fourth-order valence-corrected chi connectivity index (χ4v) is 3.34. The van der Waals surface area contributed by atoms with Crippen molar-refractivity contribution in [2.45, 2.75) is 91.4 Å². The van der Waals surface area contributed by atoms with Gasteiger partial charge in [-0.25, -0.2) is 0 Å². The Hall–Kier alpha value is -1.51. The Bertz CT molecular complexity index is 585. The first-order valence-corrected chi connectivity index (χ1v) is 9.45. The van der Waals surface area contributed by atoms with Crippen molar-refractivity contribution in [1.82, 2.24) is 5.32 Å². The molecule has 3 heteroatoms. The maximum Gasteiger partial charge on any atom is 0.230 e. The fraction of sp³-hybridized carbons (Fsp3) is 0.682. The van der Waals surface area contributed by atoms with Crippen molar-refractivity contribution in [2.75, 3.05) is 6.54 Å². The molecule has 0 aliphatic heterocycles. The minimum absolute atomic E-state index is 0.0576. The number of carbonyl (C=O) groups is 1. The maximum absolute atomic E-state index is 12.9.